The van der Waals surface area contributed by atoms with Crippen LogP contribution in [0.15, 0.2) is 72.8 Å². The maximum atomic E-state index is 14.0. The predicted molar refractivity (Wildman–Crippen MR) is 140 cm³/mol. The first-order valence-corrected chi connectivity index (χ1v) is 13.0. The number of rotatable bonds is 8. The molecule has 1 heterocycles. The highest BCUT2D eigenvalue weighted by molar-refractivity contribution is 5.88. The summed E-state index contributed by atoms with van der Waals surface area (Å²) in [5.41, 5.74) is 3.42. The normalized spacial score (nSPS) is 17.9. The average molecular weight is 511 g/mol. The van der Waals surface area contributed by atoms with Gasteiger partial charge in [0.1, 0.15) is 24.5 Å². The third-order valence-electron chi connectivity index (χ3n) is 7.34. The van der Waals surface area contributed by atoms with E-state index in [0.717, 1.165) is 36.8 Å². The van der Waals surface area contributed by atoms with E-state index in [-0.39, 0.29) is 31.6 Å². The van der Waals surface area contributed by atoms with Gasteiger partial charge in [0.05, 0.1) is 11.7 Å². The fourth-order valence-corrected chi connectivity index (χ4v) is 5.35. The Morgan fingerprint density at radius 1 is 1.00 bits per heavy atom. The van der Waals surface area contributed by atoms with Crippen LogP contribution in [0.5, 0.6) is 5.75 Å². The summed E-state index contributed by atoms with van der Waals surface area (Å²) in [6, 6.07) is 23.4. The number of carbonyl (C=O) groups excluding carboxylic acids is 1. The lowest BCUT2D eigenvalue weighted by atomic mass is 9.90. The van der Waals surface area contributed by atoms with E-state index in [1.165, 1.54) is 4.90 Å². The van der Waals surface area contributed by atoms with Crippen LogP contribution in [0, 0.1) is 11.3 Å². The van der Waals surface area contributed by atoms with Crippen molar-refractivity contribution in [3.8, 4) is 11.8 Å². The molecule has 7 heteroatoms. The highest BCUT2D eigenvalue weighted by atomic mass is 16.5. The Bertz CT molecular complexity index is 1330. The minimum absolute atomic E-state index is 0.0271. The maximum absolute atomic E-state index is 14.0. The molecule has 194 valence electrons. The van der Waals surface area contributed by atoms with Gasteiger partial charge in [0.25, 0.3) is 5.91 Å². The molecular formula is C31H30N2O5. The van der Waals surface area contributed by atoms with Crippen molar-refractivity contribution in [1.82, 2.24) is 4.90 Å². The second-order valence-electron chi connectivity index (χ2n) is 9.82. The van der Waals surface area contributed by atoms with E-state index in [0.29, 0.717) is 22.4 Å². The molecule has 7 nitrogen and oxygen atoms in total. The summed E-state index contributed by atoms with van der Waals surface area (Å²) in [5.74, 6) is -1.08. The van der Waals surface area contributed by atoms with E-state index in [1.807, 2.05) is 60.7 Å². The molecule has 38 heavy (non-hydrogen) atoms. The Morgan fingerprint density at radius 2 is 1.68 bits per heavy atom. The van der Waals surface area contributed by atoms with Gasteiger partial charge < -0.3 is 19.5 Å². The molecule has 2 aliphatic rings. The molecule has 0 aromatic heterocycles. The first-order valence-electron chi connectivity index (χ1n) is 13.0. The maximum Gasteiger partial charge on any atom is 0.326 e. The number of carboxylic acids is 1. The first kappa shape index (κ1) is 25.5. The van der Waals surface area contributed by atoms with Crippen LogP contribution in [-0.2, 0) is 33.9 Å². The third-order valence-corrected chi connectivity index (χ3v) is 7.34. The Morgan fingerprint density at radius 3 is 2.34 bits per heavy atom. The van der Waals surface area contributed by atoms with Gasteiger partial charge in [-0.2, -0.15) is 5.26 Å². The van der Waals surface area contributed by atoms with E-state index < -0.39 is 18.1 Å². The molecule has 1 fully saturated rings. The number of aliphatic carboxylic acids is 1. The van der Waals surface area contributed by atoms with Crippen LogP contribution < -0.4 is 4.74 Å². The van der Waals surface area contributed by atoms with Crippen molar-refractivity contribution in [1.29, 1.82) is 5.26 Å². The second-order valence-corrected chi connectivity index (χ2v) is 9.82. The number of hydrogen-bond acceptors (Lipinski definition) is 5. The number of fused-ring (bicyclic) bond motifs is 1. The summed E-state index contributed by atoms with van der Waals surface area (Å²) in [5, 5.41) is 19.9. The van der Waals surface area contributed by atoms with Gasteiger partial charge in [0.2, 0.25) is 0 Å². The van der Waals surface area contributed by atoms with Crippen molar-refractivity contribution >= 4 is 11.9 Å². The summed E-state index contributed by atoms with van der Waals surface area (Å²) < 4.78 is 12.4. The Kier molecular flexibility index (Phi) is 7.71. The van der Waals surface area contributed by atoms with Gasteiger partial charge in [0.15, 0.2) is 6.10 Å². The van der Waals surface area contributed by atoms with Gasteiger partial charge in [-0.25, -0.2) is 4.79 Å². The first-order chi connectivity index (χ1) is 18.5. The minimum atomic E-state index is -1.11. The molecule has 0 spiro atoms. The van der Waals surface area contributed by atoms with Crippen molar-refractivity contribution in [2.24, 2.45) is 0 Å². The van der Waals surface area contributed by atoms with E-state index in [2.05, 4.69) is 6.07 Å². The van der Waals surface area contributed by atoms with Crippen LogP contribution in [-0.4, -0.2) is 34.0 Å². The SMILES string of the molecule is N#Cc1ccc2c(c1OCc1ccccc1)C[C@@H](C(=O)O)N(C(=O)[C@H](OC1CCCC1)c1ccccc1)C2. The average Bonchev–Trinajstić information content (AvgIpc) is 3.48. The van der Waals surface area contributed by atoms with Crippen molar-refractivity contribution in [2.75, 3.05) is 0 Å². The van der Waals surface area contributed by atoms with Crippen LogP contribution in [0.1, 0.15) is 59.6 Å². The number of carbonyl (C=O) groups is 2. The number of nitriles is 1. The van der Waals surface area contributed by atoms with Gasteiger partial charge in [-0.05, 0) is 35.6 Å². The molecule has 1 saturated carbocycles. The summed E-state index contributed by atoms with van der Waals surface area (Å²) in [6.45, 7) is 0.341. The lowest BCUT2D eigenvalue weighted by molar-refractivity contribution is -0.160. The smallest absolute Gasteiger partial charge is 0.326 e. The quantitative estimate of drug-likeness (QED) is 0.449. The molecule has 5 rings (SSSR count). The monoisotopic (exact) mass is 510 g/mol. The van der Waals surface area contributed by atoms with Gasteiger partial charge >= 0.3 is 5.97 Å². The van der Waals surface area contributed by atoms with E-state index in [4.69, 9.17) is 9.47 Å². The van der Waals surface area contributed by atoms with E-state index in [9.17, 15) is 20.0 Å². The molecule has 0 unspecified atom stereocenters. The van der Waals surface area contributed by atoms with Crippen LogP contribution in [0.4, 0.5) is 0 Å². The highest BCUT2D eigenvalue weighted by Crippen LogP contribution is 2.37. The van der Waals surface area contributed by atoms with Crippen molar-refractivity contribution in [3.05, 3.63) is 101 Å². The zero-order chi connectivity index (χ0) is 26.5. The van der Waals surface area contributed by atoms with Crippen molar-refractivity contribution < 1.29 is 24.2 Å². The van der Waals surface area contributed by atoms with E-state index >= 15 is 0 Å². The number of amides is 1. The predicted octanol–water partition coefficient (Wildman–Crippen LogP) is 5.18. The van der Waals surface area contributed by atoms with Gasteiger partial charge in [0, 0.05) is 18.5 Å². The van der Waals surface area contributed by atoms with Crippen LogP contribution in [0.3, 0.4) is 0 Å². The number of nitrogens with zero attached hydrogens (tertiary/aromatic N) is 2. The summed E-state index contributed by atoms with van der Waals surface area (Å²) >= 11 is 0. The standard InChI is InChI=1S/C31H30N2O5/c32-18-23-15-16-24-19-33(30(34)29(22-11-5-2-6-12-22)38-25-13-7-8-14-25)27(31(35)36)17-26(24)28(23)37-20-21-9-3-1-4-10-21/h1-6,9-12,15-16,25,27,29H,7-8,13-14,17,19-20H2,(H,35,36)/t27-,29+/m0/s1. The molecule has 2 atom stereocenters. The zero-order valence-electron chi connectivity index (χ0n) is 21.1. The van der Waals surface area contributed by atoms with E-state index in [1.54, 1.807) is 12.1 Å². The molecule has 3 aromatic carbocycles. The molecule has 3 aromatic rings. The molecular weight excluding hydrogens is 480 g/mol. The molecule has 0 radical (unpaired) electrons. The number of carboxylic acid groups (broad SMARTS) is 1. The van der Waals surface area contributed by atoms with Crippen molar-refractivity contribution in [2.45, 2.75) is 63.5 Å². The molecule has 1 amide bonds. The van der Waals surface area contributed by atoms with Crippen LogP contribution in [0.2, 0.25) is 0 Å². The largest absolute Gasteiger partial charge is 0.487 e. The Balaban J connectivity index is 1.46. The Hall–Kier alpha value is -4.15. The summed E-state index contributed by atoms with van der Waals surface area (Å²) in [7, 11) is 0. The fraction of sp³-hybridized carbons (Fsp3) is 0.323. The van der Waals surface area contributed by atoms with Gasteiger partial charge in [-0.15, -0.1) is 0 Å². The summed E-state index contributed by atoms with van der Waals surface area (Å²) in [6.07, 6.45) is 3.03. The lowest BCUT2D eigenvalue weighted by Gasteiger charge is -2.37. The molecule has 0 bridgehead atoms. The van der Waals surface area contributed by atoms with Crippen LogP contribution in [0.25, 0.3) is 0 Å². The zero-order valence-corrected chi connectivity index (χ0v) is 21.1. The lowest BCUT2D eigenvalue weighted by Crippen LogP contribution is -2.50. The number of benzene rings is 3. The number of ether oxygens (including phenoxy) is 2. The van der Waals surface area contributed by atoms with Crippen LogP contribution >= 0.6 is 0 Å². The highest BCUT2D eigenvalue weighted by Gasteiger charge is 2.40. The topological polar surface area (TPSA) is 99.9 Å². The number of hydrogen-bond donors (Lipinski definition) is 1. The molecule has 1 aliphatic carbocycles. The fourth-order valence-electron chi connectivity index (χ4n) is 5.35. The summed E-state index contributed by atoms with van der Waals surface area (Å²) in [4.78, 5) is 27.9. The molecule has 0 saturated heterocycles. The van der Waals surface area contributed by atoms with Crippen molar-refractivity contribution in [3.63, 3.8) is 0 Å². The molecule has 1 N–H and O–H groups in total. The van der Waals surface area contributed by atoms with Gasteiger partial charge in [-0.3, -0.25) is 4.79 Å². The van der Waals surface area contributed by atoms with Gasteiger partial charge in [-0.1, -0.05) is 79.6 Å². The Labute approximate surface area is 222 Å². The second kappa shape index (κ2) is 11.5. The molecule has 1 aliphatic heterocycles. The third kappa shape index (κ3) is 5.41. The minimum Gasteiger partial charge on any atom is -0.487 e.